The van der Waals surface area contributed by atoms with Crippen molar-refractivity contribution in [2.45, 2.75) is 78.1 Å². The lowest BCUT2D eigenvalue weighted by Crippen LogP contribution is -2.09. The van der Waals surface area contributed by atoms with E-state index in [2.05, 4.69) is 53.7 Å². The summed E-state index contributed by atoms with van der Waals surface area (Å²) in [4.78, 5) is 0. The zero-order valence-corrected chi connectivity index (χ0v) is 14.8. The molecule has 22 heavy (non-hydrogen) atoms. The van der Waals surface area contributed by atoms with Crippen molar-refractivity contribution in [2.75, 3.05) is 0 Å². The van der Waals surface area contributed by atoms with Gasteiger partial charge in [-0.25, -0.2) is 0 Å². The van der Waals surface area contributed by atoms with Crippen LogP contribution in [0, 0.1) is 0 Å². The number of hydrogen-bond acceptors (Lipinski definition) is 2. The van der Waals surface area contributed by atoms with E-state index in [0.717, 1.165) is 48.7 Å². The van der Waals surface area contributed by atoms with Crippen LogP contribution in [0.4, 0.5) is 0 Å². The smallest absolute Gasteiger partial charge is 0.109 e. The molecule has 0 spiro atoms. The van der Waals surface area contributed by atoms with E-state index in [0.29, 0.717) is 0 Å². The summed E-state index contributed by atoms with van der Waals surface area (Å²) in [6, 6.07) is 4.54. The van der Waals surface area contributed by atoms with E-state index >= 15 is 0 Å². The fourth-order valence-corrected chi connectivity index (χ4v) is 3.01. The molecule has 0 unspecified atom stereocenters. The SMILES string of the molecule is CC(C)(C)c1cc2c(o1)CCc1oc(C(C)(C)C)cc1CC2. The zero-order valence-electron chi connectivity index (χ0n) is 14.8. The van der Waals surface area contributed by atoms with Gasteiger partial charge in [0, 0.05) is 23.7 Å². The van der Waals surface area contributed by atoms with E-state index in [1.807, 2.05) is 0 Å². The van der Waals surface area contributed by atoms with E-state index in [9.17, 15) is 0 Å². The average molecular weight is 300 g/mol. The molecule has 3 rings (SSSR count). The molecule has 2 aromatic heterocycles. The van der Waals surface area contributed by atoms with Crippen molar-refractivity contribution in [3.8, 4) is 0 Å². The Morgan fingerprint density at radius 3 is 1.32 bits per heavy atom. The first-order valence-corrected chi connectivity index (χ1v) is 8.39. The number of furan rings is 2. The van der Waals surface area contributed by atoms with Crippen molar-refractivity contribution in [1.29, 1.82) is 0 Å². The van der Waals surface area contributed by atoms with Crippen LogP contribution in [0.3, 0.4) is 0 Å². The summed E-state index contributed by atoms with van der Waals surface area (Å²) < 4.78 is 12.3. The minimum Gasteiger partial charge on any atom is -0.465 e. The molecular weight excluding hydrogens is 272 g/mol. The van der Waals surface area contributed by atoms with Crippen LogP contribution in [0.2, 0.25) is 0 Å². The Hall–Kier alpha value is -1.44. The van der Waals surface area contributed by atoms with Crippen LogP contribution in [0.15, 0.2) is 21.0 Å². The minimum absolute atomic E-state index is 0.0764. The van der Waals surface area contributed by atoms with Gasteiger partial charge in [0.05, 0.1) is 0 Å². The third-order valence-electron chi connectivity index (χ3n) is 4.51. The lowest BCUT2D eigenvalue weighted by atomic mass is 9.91. The van der Waals surface area contributed by atoms with Gasteiger partial charge in [-0.1, -0.05) is 41.5 Å². The van der Waals surface area contributed by atoms with Crippen LogP contribution in [-0.4, -0.2) is 0 Å². The number of fused-ring (bicyclic) bond motifs is 2. The largest absolute Gasteiger partial charge is 0.465 e. The standard InChI is InChI=1S/C20H28O2/c1-19(2,3)17-11-13-7-8-14-12-18(20(4,5)6)22-16(14)10-9-15(13)21-17/h11-12H,7-10H2,1-6H3. The Labute approximate surface area is 133 Å². The predicted octanol–water partition coefficient (Wildman–Crippen LogP) is 5.35. The molecule has 2 heteroatoms. The highest BCUT2D eigenvalue weighted by Crippen LogP contribution is 2.33. The van der Waals surface area contributed by atoms with E-state index in [4.69, 9.17) is 8.83 Å². The van der Waals surface area contributed by atoms with Gasteiger partial charge < -0.3 is 8.83 Å². The fraction of sp³-hybridized carbons (Fsp3) is 0.600. The minimum atomic E-state index is 0.0764. The van der Waals surface area contributed by atoms with Gasteiger partial charge in [-0.2, -0.15) is 0 Å². The molecule has 0 aromatic carbocycles. The van der Waals surface area contributed by atoms with Crippen molar-refractivity contribution >= 4 is 0 Å². The van der Waals surface area contributed by atoms with Gasteiger partial charge in [0.1, 0.15) is 23.0 Å². The highest BCUT2D eigenvalue weighted by Gasteiger charge is 2.26. The van der Waals surface area contributed by atoms with Gasteiger partial charge in [0.2, 0.25) is 0 Å². The summed E-state index contributed by atoms with van der Waals surface area (Å²) in [5.74, 6) is 4.52. The van der Waals surface area contributed by atoms with Gasteiger partial charge in [0.15, 0.2) is 0 Å². The molecule has 0 atom stereocenters. The quantitative estimate of drug-likeness (QED) is 0.655. The fourth-order valence-electron chi connectivity index (χ4n) is 3.01. The molecule has 1 aliphatic carbocycles. The summed E-state index contributed by atoms with van der Waals surface area (Å²) in [6.45, 7) is 13.2. The maximum absolute atomic E-state index is 6.15. The van der Waals surface area contributed by atoms with Gasteiger partial charge in [-0.15, -0.1) is 0 Å². The molecule has 120 valence electrons. The second-order valence-electron chi connectivity index (χ2n) is 8.62. The van der Waals surface area contributed by atoms with E-state index in [1.54, 1.807) is 0 Å². The van der Waals surface area contributed by atoms with Crippen molar-refractivity contribution < 1.29 is 8.83 Å². The first kappa shape index (κ1) is 15.5. The van der Waals surface area contributed by atoms with E-state index < -0.39 is 0 Å². The van der Waals surface area contributed by atoms with Gasteiger partial charge in [-0.3, -0.25) is 0 Å². The normalized spacial score (nSPS) is 15.9. The van der Waals surface area contributed by atoms with Gasteiger partial charge in [-0.05, 0) is 36.1 Å². The Kier molecular flexibility index (Phi) is 3.54. The molecule has 0 amide bonds. The first-order chi connectivity index (χ1) is 10.1. The Balaban J connectivity index is 1.89. The molecule has 2 heterocycles. The number of hydrogen-bond donors (Lipinski definition) is 0. The molecule has 0 fully saturated rings. The van der Waals surface area contributed by atoms with Crippen molar-refractivity contribution in [3.05, 3.63) is 46.3 Å². The zero-order chi connectivity index (χ0) is 16.1. The lowest BCUT2D eigenvalue weighted by Gasteiger charge is -2.14. The molecular formula is C20H28O2. The van der Waals surface area contributed by atoms with Gasteiger partial charge >= 0.3 is 0 Å². The Morgan fingerprint density at radius 1 is 0.636 bits per heavy atom. The van der Waals surface area contributed by atoms with Crippen LogP contribution in [0.5, 0.6) is 0 Å². The van der Waals surface area contributed by atoms with Gasteiger partial charge in [0.25, 0.3) is 0 Å². The van der Waals surface area contributed by atoms with Crippen molar-refractivity contribution in [3.63, 3.8) is 0 Å². The molecule has 0 radical (unpaired) electrons. The molecule has 0 bridgehead atoms. The molecule has 0 aliphatic heterocycles. The monoisotopic (exact) mass is 300 g/mol. The summed E-state index contributed by atoms with van der Waals surface area (Å²) >= 11 is 0. The summed E-state index contributed by atoms with van der Waals surface area (Å²) in [5, 5.41) is 0. The van der Waals surface area contributed by atoms with Crippen molar-refractivity contribution in [1.82, 2.24) is 0 Å². The second-order valence-corrected chi connectivity index (χ2v) is 8.62. The lowest BCUT2D eigenvalue weighted by molar-refractivity contribution is 0.367. The molecule has 1 aliphatic rings. The predicted molar refractivity (Wildman–Crippen MR) is 89.6 cm³/mol. The van der Waals surface area contributed by atoms with Crippen LogP contribution < -0.4 is 0 Å². The van der Waals surface area contributed by atoms with Crippen molar-refractivity contribution in [2.24, 2.45) is 0 Å². The highest BCUT2D eigenvalue weighted by atomic mass is 16.3. The maximum atomic E-state index is 6.15. The topological polar surface area (TPSA) is 26.3 Å². The number of aryl methyl sites for hydroxylation is 4. The molecule has 0 saturated carbocycles. The summed E-state index contributed by atoms with van der Waals surface area (Å²) in [5.41, 5.74) is 2.92. The molecule has 0 N–H and O–H groups in total. The first-order valence-electron chi connectivity index (χ1n) is 8.39. The summed E-state index contributed by atoms with van der Waals surface area (Å²) in [7, 11) is 0. The van der Waals surface area contributed by atoms with E-state index in [-0.39, 0.29) is 10.8 Å². The van der Waals surface area contributed by atoms with Crippen LogP contribution >= 0.6 is 0 Å². The molecule has 0 saturated heterocycles. The second kappa shape index (κ2) is 5.04. The molecule has 2 nitrogen and oxygen atoms in total. The third kappa shape index (κ3) is 2.88. The maximum Gasteiger partial charge on any atom is 0.109 e. The summed E-state index contributed by atoms with van der Waals surface area (Å²) in [6.07, 6.45) is 3.97. The third-order valence-corrected chi connectivity index (χ3v) is 4.51. The Bertz CT molecular complexity index is 568. The van der Waals surface area contributed by atoms with Crippen LogP contribution in [0.1, 0.15) is 75.7 Å². The molecule has 2 aromatic rings. The van der Waals surface area contributed by atoms with Crippen LogP contribution in [0.25, 0.3) is 0 Å². The highest BCUT2D eigenvalue weighted by molar-refractivity contribution is 5.32. The average Bonchev–Trinajstić information content (AvgIpc) is 2.93. The Morgan fingerprint density at radius 2 is 1.00 bits per heavy atom. The number of rotatable bonds is 0. The van der Waals surface area contributed by atoms with E-state index in [1.165, 1.54) is 11.1 Å². The van der Waals surface area contributed by atoms with Crippen LogP contribution in [-0.2, 0) is 36.5 Å².